The van der Waals surface area contributed by atoms with Crippen molar-refractivity contribution in [1.82, 2.24) is 0 Å². The van der Waals surface area contributed by atoms with Crippen molar-refractivity contribution in [3.05, 3.63) is 35.9 Å². The Balaban J connectivity index is 0.000000252. The predicted molar refractivity (Wildman–Crippen MR) is 61.0 cm³/mol. The normalized spacial score (nSPS) is 9.85. The van der Waals surface area contributed by atoms with Crippen LogP contribution in [0.1, 0.15) is 10.4 Å². The van der Waals surface area contributed by atoms with E-state index >= 15 is 0 Å². The molecule has 0 aliphatic rings. The molecule has 1 aromatic carbocycles. The Kier molecular flexibility index (Phi) is 6.04. The molecule has 0 amide bonds. The lowest BCUT2D eigenvalue weighted by Gasteiger charge is -1.93. The molecule has 0 spiro atoms. The number of carbonyl (C=O) groups is 1. The fraction of sp³-hybridized carbons (Fsp3) is 0.222. The summed E-state index contributed by atoms with van der Waals surface area (Å²) in [5, 5.41) is 0. The molecule has 0 aliphatic carbocycles. The Morgan fingerprint density at radius 3 is 1.77 bits per heavy atom. The van der Waals surface area contributed by atoms with E-state index < -0.39 is 6.69 Å². The number of aldehydes is 1. The van der Waals surface area contributed by atoms with E-state index in [0.717, 1.165) is 11.8 Å². The molecule has 4 heteroatoms. The molecule has 0 fully saturated rings. The molecule has 0 unspecified atom stereocenters. The van der Waals surface area contributed by atoms with E-state index in [2.05, 4.69) is 0 Å². The van der Waals surface area contributed by atoms with Crippen LogP contribution in [0.3, 0.4) is 0 Å². The maximum absolute atomic E-state index is 10.0. The molecule has 1 aromatic rings. The van der Waals surface area contributed by atoms with E-state index in [-0.39, 0.29) is 0 Å². The Bertz CT molecular complexity index is 238. The van der Waals surface area contributed by atoms with Crippen LogP contribution in [0.2, 0.25) is 13.1 Å². The fourth-order valence-corrected chi connectivity index (χ4v) is 0.532. The van der Waals surface area contributed by atoms with Gasteiger partial charge in [0.25, 0.3) is 0 Å². The summed E-state index contributed by atoms with van der Waals surface area (Å²) in [5.41, 5.74) is 0.729. The number of halogens is 2. The third kappa shape index (κ3) is 11.7. The van der Waals surface area contributed by atoms with Gasteiger partial charge in [-0.15, -0.1) is 22.2 Å². The highest BCUT2D eigenvalue weighted by molar-refractivity contribution is 7.44. The molecule has 0 saturated heterocycles. The van der Waals surface area contributed by atoms with Crippen LogP contribution in [0.15, 0.2) is 30.3 Å². The van der Waals surface area contributed by atoms with Gasteiger partial charge in [0.2, 0.25) is 6.69 Å². The fourth-order valence-electron chi connectivity index (χ4n) is 0.532. The zero-order valence-corrected chi connectivity index (χ0v) is 10.1. The first-order chi connectivity index (χ1) is 5.93. The Morgan fingerprint density at radius 2 is 1.54 bits per heavy atom. The first kappa shape index (κ1) is 12.7. The van der Waals surface area contributed by atoms with Crippen molar-refractivity contribution in [1.29, 1.82) is 0 Å². The largest absolute Gasteiger partial charge is 0.298 e. The number of rotatable bonds is 1. The molecule has 0 aliphatic heterocycles. The van der Waals surface area contributed by atoms with Gasteiger partial charge in [-0.05, 0) is 13.1 Å². The minimum atomic E-state index is -1.67. The van der Waals surface area contributed by atoms with Gasteiger partial charge in [0, 0.05) is 5.56 Å². The van der Waals surface area contributed by atoms with Gasteiger partial charge in [-0.2, -0.15) is 0 Å². The molecule has 1 nitrogen and oxygen atoms in total. The molecule has 72 valence electrons. The second-order valence-electron chi connectivity index (χ2n) is 2.86. The van der Waals surface area contributed by atoms with E-state index in [4.69, 9.17) is 22.2 Å². The maximum atomic E-state index is 10.0. The van der Waals surface area contributed by atoms with Crippen LogP contribution in [0.4, 0.5) is 0 Å². The van der Waals surface area contributed by atoms with Gasteiger partial charge in [-0.3, -0.25) is 4.79 Å². The first-order valence-electron chi connectivity index (χ1n) is 3.81. The molecule has 13 heavy (non-hydrogen) atoms. The quantitative estimate of drug-likeness (QED) is 0.412. The van der Waals surface area contributed by atoms with Crippen molar-refractivity contribution in [3.8, 4) is 0 Å². The number of hydrogen-bond donors (Lipinski definition) is 0. The monoisotopic (exact) mass is 234 g/mol. The molecule has 0 aromatic heterocycles. The van der Waals surface area contributed by atoms with Gasteiger partial charge >= 0.3 is 0 Å². The summed E-state index contributed by atoms with van der Waals surface area (Å²) in [7, 11) is 0. The zero-order chi connectivity index (χ0) is 10.3. The SMILES string of the molecule is C[Si](C)(Cl)Cl.O=Cc1ccccc1. The average Bonchev–Trinajstić information content (AvgIpc) is 2.03. The van der Waals surface area contributed by atoms with E-state index in [1.807, 2.05) is 31.3 Å². The smallest absolute Gasteiger partial charge is 0.245 e. The van der Waals surface area contributed by atoms with Crippen LogP contribution in [0.5, 0.6) is 0 Å². The van der Waals surface area contributed by atoms with Crippen LogP contribution in [-0.2, 0) is 0 Å². The molecular formula is C9H12Cl2OSi. The number of carbonyl (C=O) groups excluding carboxylic acids is 1. The van der Waals surface area contributed by atoms with E-state index in [1.54, 1.807) is 12.1 Å². The third-order valence-electron chi connectivity index (χ3n) is 0.936. The molecule has 0 radical (unpaired) electrons. The molecule has 1 rings (SSSR count). The van der Waals surface area contributed by atoms with Crippen molar-refractivity contribution < 1.29 is 4.79 Å². The van der Waals surface area contributed by atoms with Gasteiger partial charge < -0.3 is 0 Å². The van der Waals surface area contributed by atoms with Crippen LogP contribution in [0.25, 0.3) is 0 Å². The molecular weight excluding hydrogens is 223 g/mol. The lowest BCUT2D eigenvalue weighted by molar-refractivity contribution is 0.112. The summed E-state index contributed by atoms with van der Waals surface area (Å²) >= 11 is 10.9. The minimum Gasteiger partial charge on any atom is -0.298 e. The topological polar surface area (TPSA) is 17.1 Å². The minimum absolute atomic E-state index is 0.729. The van der Waals surface area contributed by atoms with Crippen LogP contribution in [0, 0.1) is 0 Å². The average molecular weight is 235 g/mol. The second kappa shape index (κ2) is 6.19. The van der Waals surface area contributed by atoms with Crippen molar-refractivity contribution >= 4 is 35.1 Å². The summed E-state index contributed by atoms with van der Waals surface area (Å²) in [6.45, 7) is 2.05. The van der Waals surface area contributed by atoms with Crippen LogP contribution >= 0.6 is 22.2 Å². The number of hydrogen-bond acceptors (Lipinski definition) is 1. The van der Waals surface area contributed by atoms with Gasteiger partial charge in [0.1, 0.15) is 6.29 Å². The summed E-state index contributed by atoms with van der Waals surface area (Å²) in [6, 6.07) is 9.10. The second-order valence-corrected chi connectivity index (χ2v) is 11.8. The molecule has 0 atom stereocenters. The molecule has 0 saturated carbocycles. The summed E-state index contributed by atoms with van der Waals surface area (Å²) in [5.74, 6) is 0. The molecule has 0 N–H and O–H groups in total. The summed E-state index contributed by atoms with van der Waals surface area (Å²) in [4.78, 5) is 10.0. The third-order valence-corrected chi connectivity index (χ3v) is 0.936. The van der Waals surface area contributed by atoms with Crippen molar-refractivity contribution in [2.45, 2.75) is 13.1 Å². The Labute approximate surface area is 89.1 Å². The highest BCUT2D eigenvalue weighted by Crippen LogP contribution is 2.10. The van der Waals surface area contributed by atoms with Crippen molar-refractivity contribution in [2.24, 2.45) is 0 Å². The van der Waals surface area contributed by atoms with Crippen LogP contribution < -0.4 is 0 Å². The highest BCUT2D eigenvalue weighted by atomic mass is 35.7. The van der Waals surface area contributed by atoms with Gasteiger partial charge in [0.05, 0.1) is 0 Å². The molecule has 0 heterocycles. The Morgan fingerprint density at radius 1 is 1.15 bits per heavy atom. The van der Waals surface area contributed by atoms with Crippen molar-refractivity contribution in [2.75, 3.05) is 0 Å². The zero-order valence-electron chi connectivity index (χ0n) is 7.63. The summed E-state index contributed by atoms with van der Waals surface area (Å²) in [6.07, 6.45) is 0.833. The van der Waals surface area contributed by atoms with Gasteiger partial charge in [-0.1, -0.05) is 30.3 Å². The lowest BCUT2D eigenvalue weighted by Crippen LogP contribution is -2.02. The van der Waals surface area contributed by atoms with Crippen molar-refractivity contribution in [3.63, 3.8) is 0 Å². The molecule has 0 bridgehead atoms. The number of benzene rings is 1. The first-order valence-corrected chi connectivity index (χ1v) is 8.84. The summed E-state index contributed by atoms with van der Waals surface area (Å²) < 4.78 is 0. The predicted octanol–water partition coefficient (Wildman–Crippen LogP) is 3.66. The van der Waals surface area contributed by atoms with E-state index in [1.165, 1.54) is 0 Å². The maximum Gasteiger partial charge on any atom is 0.245 e. The standard InChI is InChI=1S/C7H6O.C2H6Cl2Si/c8-6-7-4-2-1-3-5-7;1-5(2,3)4/h1-6H;1-2H3. The van der Waals surface area contributed by atoms with Gasteiger partial charge in [-0.25, -0.2) is 0 Å². The van der Waals surface area contributed by atoms with Gasteiger partial charge in [0.15, 0.2) is 0 Å². The van der Waals surface area contributed by atoms with E-state index in [0.29, 0.717) is 0 Å². The van der Waals surface area contributed by atoms with Crippen LogP contribution in [-0.4, -0.2) is 13.0 Å². The lowest BCUT2D eigenvalue weighted by atomic mass is 10.2. The highest BCUT2D eigenvalue weighted by Gasteiger charge is 2.08. The Hall–Kier alpha value is -0.313. The van der Waals surface area contributed by atoms with E-state index in [9.17, 15) is 4.79 Å².